The highest BCUT2D eigenvalue weighted by Gasteiger charge is 2.44. The maximum atomic E-state index is 11.8. The van der Waals surface area contributed by atoms with Crippen molar-refractivity contribution in [2.75, 3.05) is 40.0 Å². The van der Waals surface area contributed by atoms with Crippen LogP contribution in [-0.2, 0) is 14.3 Å². The van der Waals surface area contributed by atoms with Crippen LogP contribution < -0.4 is 11.5 Å². The van der Waals surface area contributed by atoms with E-state index >= 15 is 0 Å². The molecule has 0 bridgehead atoms. The Kier molecular flexibility index (Phi) is 4.21. The van der Waals surface area contributed by atoms with Crippen molar-refractivity contribution >= 4 is 17.7 Å². The molecular weight excluding hydrogens is 340 g/mol. The standard InChI is InChI=1S/C17H24N4O3S/c1-9-7-10-11(8-24-9)16(21-3-5-23-6-4-21)20(2)17-12(10)13(18)14(25-17)15(19)22/h9,17H,3-8,18H2,1-2H3,(H2,19,22). The molecule has 0 aromatic heterocycles. The van der Waals surface area contributed by atoms with Gasteiger partial charge in [-0.25, -0.2) is 0 Å². The third-order valence-electron chi connectivity index (χ3n) is 5.19. The van der Waals surface area contributed by atoms with Crippen molar-refractivity contribution in [3.8, 4) is 0 Å². The van der Waals surface area contributed by atoms with Crippen molar-refractivity contribution in [2.45, 2.75) is 24.8 Å². The number of thioether (sulfide) groups is 1. The number of carbonyl (C=O) groups is 1. The molecule has 2 fully saturated rings. The summed E-state index contributed by atoms with van der Waals surface area (Å²) in [6.07, 6.45) is 0.938. The summed E-state index contributed by atoms with van der Waals surface area (Å²) in [7, 11) is 2.06. The topological polar surface area (TPSA) is 94.0 Å². The van der Waals surface area contributed by atoms with E-state index in [1.807, 2.05) is 0 Å². The molecule has 4 N–H and O–H groups in total. The summed E-state index contributed by atoms with van der Waals surface area (Å²) < 4.78 is 11.5. The number of amides is 1. The Hall–Kier alpha value is -1.64. The van der Waals surface area contributed by atoms with Crippen molar-refractivity contribution in [1.82, 2.24) is 9.80 Å². The van der Waals surface area contributed by atoms with Crippen LogP contribution in [0.25, 0.3) is 0 Å². The first-order chi connectivity index (χ1) is 12.0. The number of ether oxygens (including phenoxy) is 2. The molecule has 0 aliphatic carbocycles. The van der Waals surface area contributed by atoms with Crippen molar-refractivity contribution in [3.05, 3.63) is 33.1 Å². The Morgan fingerprint density at radius 2 is 2.00 bits per heavy atom. The second-order valence-corrected chi connectivity index (χ2v) is 7.90. The van der Waals surface area contributed by atoms with Crippen molar-refractivity contribution in [1.29, 1.82) is 0 Å². The lowest BCUT2D eigenvalue weighted by molar-refractivity contribution is -0.113. The summed E-state index contributed by atoms with van der Waals surface area (Å²) in [6, 6.07) is 0. The van der Waals surface area contributed by atoms with Gasteiger partial charge in [0.15, 0.2) is 0 Å². The molecule has 0 radical (unpaired) electrons. The minimum Gasteiger partial charge on any atom is -0.397 e. The minimum atomic E-state index is -0.451. The molecule has 7 nitrogen and oxygen atoms in total. The van der Waals surface area contributed by atoms with Gasteiger partial charge in [-0.3, -0.25) is 4.79 Å². The molecule has 4 aliphatic heterocycles. The predicted octanol–water partition coefficient (Wildman–Crippen LogP) is 0.310. The lowest BCUT2D eigenvalue weighted by Gasteiger charge is -2.45. The second kappa shape index (κ2) is 6.26. The number of rotatable bonds is 2. The van der Waals surface area contributed by atoms with E-state index in [0.29, 0.717) is 17.2 Å². The zero-order chi connectivity index (χ0) is 17.7. The van der Waals surface area contributed by atoms with Crippen LogP contribution >= 0.6 is 11.8 Å². The number of likely N-dealkylation sites (N-methyl/N-ethyl adjacent to an activating group) is 1. The van der Waals surface area contributed by atoms with E-state index in [1.54, 1.807) is 0 Å². The minimum absolute atomic E-state index is 0.00982. The summed E-state index contributed by atoms with van der Waals surface area (Å²) in [4.78, 5) is 16.9. The SMILES string of the molecule is CC1CC2=C3C(N)=C(C(N)=O)SC3N(C)C(N3CCOCC3)=C2CO1. The van der Waals surface area contributed by atoms with Gasteiger partial charge in [0.2, 0.25) is 0 Å². The molecular formula is C17H24N4O3S. The number of nitrogens with two attached hydrogens (primary N) is 2. The zero-order valence-corrected chi connectivity index (χ0v) is 15.4. The van der Waals surface area contributed by atoms with Crippen molar-refractivity contribution in [2.24, 2.45) is 11.5 Å². The number of hydrogen-bond donors (Lipinski definition) is 2. The van der Waals surface area contributed by atoms with Gasteiger partial charge in [0.1, 0.15) is 11.2 Å². The quantitative estimate of drug-likeness (QED) is 0.728. The van der Waals surface area contributed by atoms with E-state index in [-0.39, 0.29) is 11.5 Å². The molecule has 0 saturated carbocycles. The Labute approximate surface area is 151 Å². The van der Waals surface area contributed by atoms with E-state index in [2.05, 4.69) is 23.8 Å². The highest BCUT2D eigenvalue weighted by atomic mass is 32.2. The van der Waals surface area contributed by atoms with Crippen LogP contribution in [0.15, 0.2) is 33.1 Å². The van der Waals surface area contributed by atoms with Crippen molar-refractivity contribution in [3.63, 3.8) is 0 Å². The van der Waals surface area contributed by atoms with E-state index < -0.39 is 5.91 Å². The molecule has 25 heavy (non-hydrogen) atoms. The highest BCUT2D eigenvalue weighted by molar-refractivity contribution is 8.05. The van der Waals surface area contributed by atoms with Crippen LogP contribution in [0.2, 0.25) is 0 Å². The Bertz CT molecular complexity index is 709. The van der Waals surface area contributed by atoms with Crippen molar-refractivity contribution < 1.29 is 14.3 Å². The highest BCUT2D eigenvalue weighted by Crippen LogP contribution is 2.50. The van der Waals surface area contributed by atoms with Gasteiger partial charge in [-0.2, -0.15) is 0 Å². The molecule has 2 unspecified atom stereocenters. The molecule has 0 aromatic carbocycles. The third kappa shape index (κ3) is 2.63. The first kappa shape index (κ1) is 16.8. The maximum Gasteiger partial charge on any atom is 0.257 e. The molecule has 0 spiro atoms. The molecule has 4 rings (SSSR count). The van der Waals surface area contributed by atoms with E-state index in [0.717, 1.165) is 38.3 Å². The summed E-state index contributed by atoms with van der Waals surface area (Å²) >= 11 is 1.46. The fourth-order valence-electron chi connectivity index (χ4n) is 4.03. The summed E-state index contributed by atoms with van der Waals surface area (Å²) in [5.74, 6) is 0.720. The predicted molar refractivity (Wildman–Crippen MR) is 96.0 cm³/mol. The van der Waals surface area contributed by atoms with Gasteiger partial charge in [0, 0.05) is 31.3 Å². The van der Waals surface area contributed by atoms with E-state index in [1.165, 1.54) is 28.7 Å². The smallest absolute Gasteiger partial charge is 0.257 e. The first-order valence-corrected chi connectivity index (χ1v) is 9.47. The molecule has 4 aliphatic rings. The fraction of sp³-hybridized carbons (Fsp3) is 0.588. The largest absolute Gasteiger partial charge is 0.397 e. The van der Waals surface area contributed by atoms with Gasteiger partial charge in [-0.1, -0.05) is 11.8 Å². The third-order valence-corrected chi connectivity index (χ3v) is 6.63. The number of nitrogens with zero attached hydrogens (tertiary/aromatic N) is 2. The molecule has 2 saturated heterocycles. The molecule has 1 amide bonds. The lowest BCUT2D eigenvalue weighted by atomic mass is 9.88. The normalized spacial score (nSPS) is 30.0. The number of morpholine rings is 1. The maximum absolute atomic E-state index is 11.8. The van der Waals surface area contributed by atoms with Gasteiger partial charge in [0.05, 0.1) is 36.5 Å². The van der Waals surface area contributed by atoms with E-state index in [9.17, 15) is 4.79 Å². The molecule has 8 heteroatoms. The number of hydrogen-bond acceptors (Lipinski definition) is 7. The molecule has 4 heterocycles. The summed E-state index contributed by atoms with van der Waals surface area (Å²) in [5.41, 5.74) is 15.9. The van der Waals surface area contributed by atoms with Crippen LogP contribution in [0, 0.1) is 0 Å². The monoisotopic (exact) mass is 364 g/mol. The lowest BCUT2D eigenvalue weighted by Crippen LogP contribution is -2.47. The Morgan fingerprint density at radius 1 is 1.28 bits per heavy atom. The van der Waals surface area contributed by atoms with Crippen LogP contribution in [-0.4, -0.2) is 67.1 Å². The van der Waals surface area contributed by atoms with Gasteiger partial charge in [-0.15, -0.1) is 0 Å². The average molecular weight is 364 g/mol. The van der Waals surface area contributed by atoms with Gasteiger partial charge in [0.25, 0.3) is 5.91 Å². The summed E-state index contributed by atoms with van der Waals surface area (Å²) in [6.45, 7) is 5.78. The summed E-state index contributed by atoms with van der Waals surface area (Å²) in [5, 5.41) is -0.00982. The Morgan fingerprint density at radius 3 is 2.68 bits per heavy atom. The zero-order valence-electron chi connectivity index (χ0n) is 14.6. The number of carbonyl (C=O) groups excluding carboxylic acids is 1. The van der Waals surface area contributed by atoms with E-state index in [4.69, 9.17) is 20.9 Å². The van der Waals surface area contributed by atoms with Gasteiger partial charge >= 0.3 is 0 Å². The van der Waals surface area contributed by atoms with Crippen LogP contribution in [0.1, 0.15) is 13.3 Å². The van der Waals surface area contributed by atoms with Crippen LogP contribution in [0.4, 0.5) is 0 Å². The second-order valence-electron chi connectivity index (χ2n) is 6.81. The fourth-order valence-corrected chi connectivity index (χ4v) is 5.25. The number of fused-ring (bicyclic) bond motifs is 2. The van der Waals surface area contributed by atoms with Gasteiger partial charge < -0.3 is 30.7 Å². The molecule has 136 valence electrons. The van der Waals surface area contributed by atoms with Gasteiger partial charge in [-0.05, 0) is 18.9 Å². The average Bonchev–Trinajstić information content (AvgIpc) is 2.95. The molecule has 2 atom stereocenters. The number of primary amides is 1. The molecule has 0 aromatic rings. The Balaban J connectivity index is 1.85. The van der Waals surface area contributed by atoms with Crippen LogP contribution in [0.5, 0.6) is 0 Å². The van der Waals surface area contributed by atoms with Crippen LogP contribution in [0.3, 0.4) is 0 Å². The first-order valence-electron chi connectivity index (χ1n) is 8.59.